The number of hydrogen-bond acceptors (Lipinski definition) is 7. The maximum absolute atomic E-state index is 13.2. The zero-order valence-corrected chi connectivity index (χ0v) is 24.1. The van der Waals surface area contributed by atoms with Crippen molar-refractivity contribution in [1.29, 1.82) is 0 Å². The number of amides is 2. The van der Waals surface area contributed by atoms with E-state index in [1.807, 2.05) is 17.0 Å². The lowest BCUT2D eigenvalue weighted by Gasteiger charge is -2.36. The second-order valence-electron chi connectivity index (χ2n) is 10.1. The molecule has 43 heavy (non-hydrogen) atoms. The normalized spacial score (nSPS) is 13.8. The van der Waals surface area contributed by atoms with Gasteiger partial charge in [-0.05, 0) is 54.8 Å². The van der Waals surface area contributed by atoms with Crippen LogP contribution in [0, 0.1) is 0 Å². The van der Waals surface area contributed by atoms with E-state index in [-0.39, 0.29) is 17.8 Å². The Morgan fingerprint density at radius 3 is 2.33 bits per heavy atom. The number of anilines is 3. The number of rotatable bonds is 12. The number of nitrogens with zero attached hydrogens (tertiary/aromatic N) is 3. The first-order chi connectivity index (χ1) is 20.6. The summed E-state index contributed by atoms with van der Waals surface area (Å²) in [5.41, 5.74) is 3.06. The Morgan fingerprint density at radius 2 is 1.70 bits per heavy atom. The number of halogens is 3. The number of aromatic nitrogens is 2. The van der Waals surface area contributed by atoms with E-state index in [9.17, 15) is 22.8 Å². The van der Waals surface area contributed by atoms with E-state index in [4.69, 9.17) is 9.47 Å². The third kappa shape index (κ3) is 8.98. The molecule has 0 radical (unpaired) electrons. The Hall–Kier alpha value is -4.52. The zero-order chi connectivity index (χ0) is 31.0. The highest BCUT2D eigenvalue weighted by atomic mass is 19.4. The first-order valence-electron chi connectivity index (χ1n) is 13.8. The molecule has 230 valence electrons. The summed E-state index contributed by atoms with van der Waals surface area (Å²) in [4.78, 5) is 29.2. The van der Waals surface area contributed by atoms with Crippen molar-refractivity contribution < 1.29 is 32.2 Å². The number of ether oxygens (including phenoxy) is 2. The van der Waals surface area contributed by atoms with Crippen LogP contribution in [0.2, 0.25) is 0 Å². The van der Waals surface area contributed by atoms with Gasteiger partial charge in [0.2, 0.25) is 5.91 Å². The number of benzene rings is 2. The minimum absolute atomic E-state index is 0.0399. The molecule has 1 fully saturated rings. The summed E-state index contributed by atoms with van der Waals surface area (Å²) in [7, 11) is 3.19. The topological polar surface area (TPSA) is 112 Å². The monoisotopic (exact) mass is 600 g/mol. The molecule has 0 unspecified atom stereocenters. The van der Waals surface area contributed by atoms with Crippen LogP contribution in [0.15, 0.2) is 55.1 Å². The fourth-order valence-corrected chi connectivity index (χ4v) is 4.76. The lowest BCUT2D eigenvalue weighted by atomic mass is 10.1. The van der Waals surface area contributed by atoms with Crippen LogP contribution in [0.4, 0.5) is 30.4 Å². The van der Waals surface area contributed by atoms with Crippen LogP contribution in [0.1, 0.15) is 28.0 Å². The molecular weight excluding hydrogens is 565 g/mol. The first kappa shape index (κ1) is 31.4. The Labute approximate surface area is 247 Å². The highest BCUT2D eigenvalue weighted by Crippen LogP contribution is 2.27. The predicted octanol–water partition coefficient (Wildman–Crippen LogP) is 4.66. The Morgan fingerprint density at radius 1 is 1.00 bits per heavy atom. The molecule has 1 saturated heterocycles. The minimum atomic E-state index is -4.19. The second-order valence-corrected chi connectivity index (χ2v) is 10.1. The Kier molecular flexibility index (Phi) is 10.3. The van der Waals surface area contributed by atoms with Gasteiger partial charge in [-0.2, -0.15) is 18.3 Å². The third-order valence-corrected chi connectivity index (χ3v) is 7.11. The van der Waals surface area contributed by atoms with E-state index < -0.39 is 24.4 Å². The number of piperazine rings is 1. The number of H-pyrrole nitrogens is 1. The molecular formula is C30H35F3N6O4. The van der Waals surface area contributed by atoms with Crippen LogP contribution in [-0.2, 0) is 17.6 Å². The Balaban J connectivity index is 1.41. The zero-order valence-electron chi connectivity index (χ0n) is 24.1. The van der Waals surface area contributed by atoms with Gasteiger partial charge in [0.15, 0.2) is 5.82 Å². The van der Waals surface area contributed by atoms with Crippen molar-refractivity contribution in [3.05, 3.63) is 71.9 Å². The standard InChI is InChI=1S/C30H35F3N6O4/c1-4-28(40)34-26-18-22(39-13-11-38(12-14-39)10-9-30(31,32)33)7-8-25(26)29(41)35-27-17-21(36-37-27)6-5-20-15-23(42-2)19-24(16-20)43-3/h4,7-8,15-19H,1,5-6,9-14H2,2-3H3,(H,34,40)(H2,35,36,37,41). The lowest BCUT2D eigenvalue weighted by molar-refractivity contribution is -0.138. The van der Waals surface area contributed by atoms with Crippen molar-refractivity contribution in [2.24, 2.45) is 0 Å². The van der Waals surface area contributed by atoms with Gasteiger partial charge in [0, 0.05) is 56.2 Å². The summed E-state index contributed by atoms with van der Waals surface area (Å²) in [6.45, 7) is 5.40. The maximum atomic E-state index is 13.2. The predicted molar refractivity (Wildman–Crippen MR) is 158 cm³/mol. The average molecular weight is 601 g/mol. The van der Waals surface area contributed by atoms with Crippen molar-refractivity contribution >= 4 is 29.0 Å². The molecule has 3 aromatic rings. The van der Waals surface area contributed by atoms with E-state index in [1.54, 1.807) is 49.5 Å². The number of methoxy groups -OCH3 is 2. The molecule has 0 saturated carbocycles. The molecule has 2 aromatic carbocycles. The van der Waals surface area contributed by atoms with E-state index >= 15 is 0 Å². The smallest absolute Gasteiger partial charge is 0.390 e. The molecule has 13 heteroatoms. The van der Waals surface area contributed by atoms with E-state index in [1.165, 1.54) is 0 Å². The van der Waals surface area contributed by atoms with Crippen molar-refractivity contribution in [1.82, 2.24) is 15.1 Å². The van der Waals surface area contributed by atoms with E-state index in [0.29, 0.717) is 56.3 Å². The molecule has 4 rings (SSSR count). The Bertz CT molecular complexity index is 1410. The molecule has 1 aromatic heterocycles. The number of aromatic amines is 1. The highest BCUT2D eigenvalue weighted by Gasteiger charge is 2.29. The summed E-state index contributed by atoms with van der Waals surface area (Å²) in [6.07, 6.45) is -2.62. The molecule has 1 aliphatic rings. The van der Waals surface area contributed by atoms with Gasteiger partial charge >= 0.3 is 6.18 Å². The van der Waals surface area contributed by atoms with Gasteiger partial charge in [-0.15, -0.1) is 0 Å². The van der Waals surface area contributed by atoms with Crippen molar-refractivity contribution in [3.8, 4) is 11.5 Å². The van der Waals surface area contributed by atoms with Gasteiger partial charge in [0.05, 0.1) is 31.9 Å². The molecule has 0 spiro atoms. The summed E-state index contributed by atoms with van der Waals surface area (Å²) >= 11 is 0. The minimum Gasteiger partial charge on any atom is -0.497 e. The highest BCUT2D eigenvalue weighted by molar-refractivity contribution is 6.11. The van der Waals surface area contributed by atoms with Crippen LogP contribution >= 0.6 is 0 Å². The molecule has 0 atom stereocenters. The van der Waals surface area contributed by atoms with Gasteiger partial charge in [-0.1, -0.05) is 6.58 Å². The van der Waals surface area contributed by atoms with Crippen molar-refractivity contribution in [3.63, 3.8) is 0 Å². The number of hydrogen-bond donors (Lipinski definition) is 3. The third-order valence-electron chi connectivity index (χ3n) is 7.11. The van der Waals surface area contributed by atoms with E-state index in [0.717, 1.165) is 23.0 Å². The molecule has 1 aliphatic heterocycles. The van der Waals surface area contributed by atoms with Gasteiger partial charge < -0.3 is 25.0 Å². The summed E-state index contributed by atoms with van der Waals surface area (Å²) in [6, 6.07) is 12.4. The SMILES string of the molecule is C=CC(=O)Nc1cc(N2CCN(CCC(F)(F)F)CC2)ccc1C(=O)Nc1cc(CCc2cc(OC)cc(OC)c2)[nH]n1. The number of aryl methyl sites for hydroxylation is 2. The van der Waals surface area contributed by atoms with Gasteiger partial charge in [-0.25, -0.2) is 0 Å². The number of alkyl halides is 3. The van der Waals surface area contributed by atoms with Crippen LogP contribution in [0.25, 0.3) is 0 Å². The van der Waals surface area contributed by atoms with E-state index in [2.05, 4.69) is 27.4 Å². The molecule has 2 heterocycles. The molecule has 10 nitrogen and oxygen atoms in total. The van der Waals surface area contributed by atoms with Crippen molar-refractivity contribution in [2.75, 3.05) is 62.5 Å². The van der Waals surface area contributed by atoms with Gasteiger partial charge in [0.1, 0.15) is 11.5 Å². The number of carbonyl (C=O) groups is 2. The number of carbonyl (C=O) groups excluding carboxylic acids is 2. The van der Waals surface area contributed by atoms with Gasteiger partial charge in [-0.3, -0.25) is 19.6 Å². The quantitative estimate of drug-likeness (QED) is 0.259. The van der Waals surface area contributed by atoms with Crippen LogP contribution in [-0.4, -0.2) is 80.0 Å². The summed E-state index contributed by atoms with van der Waals surface area (Å²) in [5, 5.41) is 12.6. The first-order valence-corrected chi connectivity index (χ1v) is 13.8. The average Bonchev–Trinajstić information content (AvgIpc) is 3.45. The molecule has 2 amide bonds. The van der Waals surface area contributed by atoms with Crippen LogP contribution < -0.4 is 25.0 Å². The summed E-state index contributed by atoms with van der Waals surface area (Å²) < 4.78 is 48.4. The molecule has 0 aliphatic carbocycles. The second kappa shape index (κ2) is 14.1. The lowest BCUT2D eigenvalue weighted by Crippen LogP contribution is -2.47. The van der Waals surface area contributed by atoms with Crippen LogP contribution in [0.5, 0.6) is 11.5 Å². The van der Waals surface area contributed by atoms with Crippen LogP contribution in [0.3, 0.4) is 0 Å². The molecule has 0 bridgehead atoms. The largest absolute Gasteiger partial charge is 0.497 e. The molecule has 3 N–H and O–H groups in total. The summed E-state index contributed by atoms with van der Waals surface area (Å²) in [5.74, 6) is 0.752. The fourth-order valence-electron chi connectivity index (χ4n) is 4.76. The van der Waals surface area contributed by atoms with Gasteiger partial charge in [0.25, 0.3) is 5.91 Å². The van der Waals surface area contributed by atoms with Crippen molar-refractivity contribution in [2.45, 2.75) is 25.4 Å². The fraction of sp³-hybridized carbons (Fsp3) is 0.367. The maximum Gasteiger partial charge on any atom is 0.390 e. The number of nitrogens with one attached hydrogen (secondary N) is 3.